The Morgan fingerprint density at radius 3 is 3.00 bits per heavy atom. The second-order valence-corrected chi connectivity index (χ2v) is 3.27. The molecule has 0 aliphatic heterocycles. The van der Waals surface area contributed by atoms with Gasteiger partial charge in [-0.3, -0.25) is 0 Å². The van der Waals surface area contributed by atoms with Crippen molar-refractivity contribution in [1.29, 1.82) is 0 Å². The minimum atomic E-state index is -0.590. The molecule has 0 spiro atoms. The fraction of sp³-hybridized carbons (Fsp3) is 0.182. The molecule has 0 heterocycles. The predicted octanol–water partition coefficient (Wildman–Crippen LogP) is 2.78. The molecule has 4 heteroatoms. The van der Waals surface area contributed by atoms with E-state index in [1.54, 1.807) is 12.2 Å². The van der Waals surface area contributed by atoms with Crippen LogP contribution in [-0.2, 0) is 4.74 Å². The first-order valence-electron chi connectivity index (χ1n) is 4.42. The van der Waals surface area contributed by atoms with Gasteiger partial charge in [0, 0.05) is 5.02 Å². The predicted molar refractivity (Wildman–Crippen MR) is 58.2 cm³/mol. The summed E-state index contributed by atoms with van der Waals surface area (Å²) in [6.45, 7) is 2.01. The average molecular weight is 227 g/mol. The topological polar surface area (TPSA) is 46.5 Å². The number of carbonyl (C=O) groups is 1. The van der Waals surface area contributed by atoms with Gasteiger partial charge in [0.1, 0.15) is 17.9 Å². The third-order valence-corrected chi connectivity index (χ3v) is 1.96. The van der Waals surface area contributed by atoms with Crippen LogP contribution in [0.4, 0.5) is 0 Å². The third kappa shape index (κ3) is 3.29. The van der Waals surface area contributed by atoms with Gasteiger partial charge in [-0.05, 0) is 25.1 Å². The number of carbonyl (C=O) groups excluding carboxylic acids is 1. The molecule has 0 radical (unpaired) electrons. The molecule has 0 saturated carbocycles. The second kappa shape index (κ2) is 5.41. The van der Waals surface area contributed by atoms with E-state index in [4.69, 9.17) is 16.3 Å². The molecule has 0 bridgehead atoms. The minimum Gasteiger partial charge on any atom is -0.507 e. The van der Waals surface area contributed by atoms with E-state index < -0.39 is 5.97 Å². The fourth-order valence-corrected chi connectivity index (χ4v) is 1.14. The van der Waals surface area contributed by atoms with Crippen LogP contribution >= 0.6 is 11.6 Å². The zero-order chi connectivity index (χ0) is 11.3. The number of hydrogen-bond donors (Lipinski definition) is 1. The Bertz CT molecular complexity index is 385. The Labute approximate surface area is 92.9 Å². The quantitative estimate of drug-likeness (QED) is 0.637. The van der Waals surface area contributed by atoms with Gasteiger partial charge in [-0.25, -0.2) is 4.79 Å². The van der Waals surface area contributed by atoms with Crippen LogP contribution in [0, 0.1) is 0 Å². The number of aromatic hydroxyl groups is 1. The van der Waals surface area contributed by atoms with Gasteiger partial charge in [0.05, 0.1) is 0 Å². The first kappa shape index (κ1) is 11.6. The summed E-state index contributed by atoms with van der Waals surface area (Å²) >= 11 is 5.69. The SMILES string of the molecule is C/C=C/COC(=O)c1cc(Cl)ccc1O. The number of hydrogen-bond acceptors (Lipinski definition) is 3. The Hall–Kier alpha value is -1.48. The van der Waals surface area contributed by atoms with Gasteiger partial charge in [0.25, 0.3) is 0 Å². The molecule has 0 amide bonds. The van der Waals surface area contributed by atoms with Gasteiger partial charge in [-0.2, -0.15) is 0 Å². The first-order chi connectivity index (χ1) is 7.15. The standard InChI is InChI=1S/C11H11ClO3/c1-2-3-6-15-11(14)9-7-8(12)4-5-10(9)13/h2-5,7,13H,6H2,1H3/b3-2+. The van der Waals surface area contributed by atoms with Gasteiger partial charge < -0.3 is 9.84 Å². The number of ether oxygens (including phenoxy) is 1. The molecule has 80 valence electrons. The molecule has 1 aromatic carbocycles. The van der Waals surface area contributed by atoms with Crippen molar-refractivity contribution < 1.29 is 14.6 Å². The molecular weight excluding hydrogens is 216 g/mol. The summed E-state index contributed by atoms with van der Waals surface area (Å²) in [6, 6.07) is 4.23. The van der Waals surface area contributed by atoms with E-state index in [0.717, 1.165) is 0 Å². The van der Waals surface area contributed by atoms with Crippen molar-refractivity contribution in [2.24, 2.45) is 0 Å². The van der Waals surface area contributed by atoms with Crippen LogP contribution in [0.5, 0.6) is 5.75 Å². The molecule has 0 atom stereocenters. The van der Waals surface area contributed by atoms with E-state index in [2.05, 4.69) is 0 Å². The zero-order valence-corrected chi connectivity index (χ0v) is 8.99. The summed E-state index contributed by atoms with van der Waals surface area (Å²) in [4.78, 5) is 11.4. The maximum absolute atomic E-state index is 11.4. The highest BCUT2D eigenvalue weighted by Crippen LogP contribution is 2.22. The molecule has 1 N–H and O–H groups in total. The molecule has 0 aliphatic carbocycles. The van der Waals surface area contributed by atoms with Crippen LogP contribution in [0.25, 0.3) is 0 Å². The number of benzene rings is 1. The smallest absolute Gasteiger partial charge is 0.342 e. The van der Waals surface area contributed by atoms with Crippen molar-refractivity contribution in [3.63, 3.8) is 0 Å². The van der Waals surface area contributed by atoms with E-state index in [1.807, 2.05) is 6.92 Å². The maximum atomic E-state index is 11.4. The van der Waals surface area contributed by atoms with Crippen molar-refractivity contribution in [1.82, 2.24) is 0 Å². The molecule has 0 aromatic heterocycles. The number of halogens is 1. The average Bonchev–Trinajstić information content (AvgIpc) is 2.22. The van der Waals surface area contributed by atoms with Crippen molar-refractivity contribution in [2.75, 3.05) is 6.61 Å². The molecule has 1 rings (SSSR count). The number of allylic oxidation sites excluding steroid dienone is 1. The van der Waals surface area contributed by atoms with Crippen LogP contribution in [-0.4, -0.2) is 17.7 Å². The summed E-state index contributed by atoms with van der Waals surface area (Å²) < 4.78 is 4.86. The normalized spacial score (nSPS) is 10.5. The summed E-state index contributed by atoms with van der Waals surface area (Å²) in [7, 11) is 0. The molecule has 0 unspecified atom stereocenters. The largest absolute Gasteiger partial charge is 0.507 e. The fourth-order valence-electron chi connectivity index (χ4n) is 0.970. The lowest BCUT2D eigenvalue weighted by molar-refractivity contribution is 0.0546. The van der Waals surface area contributed by atoms with Crippen molar-refractivity contribution in [2.45, 2.75) is 6.92 Å². The zero-order valence-electron chi connectivity index (χ0n) is 8.24. The lowest BCUT2D eigenvalue weighted by Gasteiger charge is -2.04. The number of phenolic OH excluding ortho intramolecular Hbond substituents is 1. The van der Waals surface area contributed by atoms with E-state index in [-0.39, 0.29) is 17.9 Å². The highest BCUT2D eigenvalue weighted by molar-refractivity contribution is 6.31. The first-order valence-corrected chi connectivity index (χ1v) is 4.79. The number of phenols is 1. The summed E-state index contributed by atoms with van der Waals surface area (Å²) in [5.74, 6) is -0.724. The summed E-state index contributed by atoms with van der Waals surface area (Å²) in [5.41, 5.74) is 0.0759. The van der Waals surface area contributed by atoms with E-state index in [9.17, 15) is 9.90 Å². The number of esters is 1. The molecule has 3 nitrogen and oxygen atoms in total. The molecule has 0 fully saturated rings. The monoisotopic (exact) mass is 226 g/mol. The Morgan fingerprint density at radius 2 is 2.33 bits per heavy atom. The van der Waals surface area contributed by atoms with Crippen molar-refractivity contribution >= 4 is 17.6 Å². The Balaban J connectivity index is 2.77. The van der Waals surface area contributed by atoms with E-state index in [0.29, 0.717) is 5.02 Å². The van der Waals surface area contributed by atoms with Crippen molar-refractivity contribution in [3.05, 3.63) is 40.9 Å². The molecular formula is C11H11ClO3. The summed E-state index contributed by atoms with van der Waals surface area (Å²) in [6.07, 6.45) is 3.46. The van der Waals surface area contributed by atoms with Crippen molar-refractivity contribution in [3.8, 4) is 5.75 Å². The Kier molecular flexibility index (Phi) is 4.18. The lowest BCUT2D eigenvalue weighted by atomic mass is 10.2. The summed E-state index contributed by atoms with van der Waals surface area (Å²) in [5, 5.41) is 9.76. The third-order valence-electron chi connectivity index (χ3n) is 1.72. The van der Waals surface area contributed by atoms with E-state index >= 15 is 0 Å². The molecule has 15 heavy (non-hydrogen) atoms. The minimum absolute atomic E-state index is 0.0759. The van der Waals surface area contributed by atoms with Gasteiger partial charge in [0.2, 0.25) is 0 Å². The lowest BCUT2D eigenvalue weighted by Crippen LogP contribution is -2.05. The molecule has 0 saturated heterocycles. The van der Waals surface area contributed by atoms with Gasteiger partial charge in [0.15, 0.2) is 0 Å². The molecule has 0 aliphatic rings. The van der Waals surface area contributed by atoms with Crippen LogP contribution in [0.2, 0.25) is 5.02 Å². The molecule has 1 aromatic rings. The maximum Gasteiger partial charge on any atom is 0.342 e. The van der Waals surface area contributed by atoms with Gasteiger partial charge >= 0.3 is 5.97 Å². The van der Waals surface area contributed by atoms with Crippen LogP contribution in [0.1, 0.15) is 17.3 Å². The van der Waals surface area contributed by atoms with E-state index in [1.165, 1.54) is 18.2 Å². The second-order valence-electron chi connectivity index (χ2n) is 2.83. The van der Waals surface area contributed by atoms with Gasteiger partial charge in [-0.1, -0.05) is 23.8 Å². The highest BCUT2D eigenvalue weighted by atomic mass is 35.5. The van der Waals surface area contributed by atoms with Crippen LogP contribution in [0.15, 0.2) is 30.4 Å². The highest BCUT2D eigenvalue weighted by Gasteiger charge is 2.12. The van der Waals surface area contributed by atoms with Gasteiger partial charge in [-0.15, -0.1) is 0 Å². The number of rotatable bonds is 3. The van der Waals surface area contributed by atoms with Crippen LogP contribution in [0.3, 0.4) is 0 Å². The van der Waals surface area contributed by atoms with Crippen LogP contribution < -0.4 is 0 Å². The Morgan fingerprint density at radius 1 is 1.60 bits per heavy atom.